The summed E-state index contributed by atoms with van der Waals surface area (Å²) in [4.78, 5) is 0. The van der Waals surface area contributed by atoms with E-state index in [1.165, 1.54) is 0 Å². The number of likely N-dealkylation sites (N-methyl/N-ethyl adjacent to an activating group) is 1. The maximum absolute atomic E-state index is 6.16. The van der Waals surface area contributed by atoms with Gasteiger partial charge in [0, 0.05) is 11.0 Å². The van der Waals surface area contributed by atoms with Crippen molar-refractivity contribution in [2.75, 3.05) is 13.6 Å². The van der Waals surface area contributed by atoms with Crippen molar-refractivity contribution in [3.63, 3.8) is 0 Å². The molecule has 1 N–H and O–H groups in total. The third-order valence-electron chi connectivity index (χ3n) is 2.72. The number of hydrogen-bond acceptors (Lipinski definition) is 2. The van der Waals surface area contributed by atoms with E-state index in [1.54, 1.807) is 0 Å². The number of nitrogens with one attached hydrogen (secondary N) is 1. The molecule has 0 aromatic heterocycles. The molecule has 2 rings (SSSR count). The smallest absolute Gasteiger partial charge is 0.140 e. The van der Waals surface area contributed by atoms with Crippen LogP contribution in [0.3, 0.4) is 0 Å². The van der Waals surface area contributed by atoms with Crippen LogP contribution in [-0.2, 0) is 0 Å². The average molecular weight is 341 g/mol. The van der Waals surface area contributed by atoms with Crippen LogP contribution >= 0.6 is 27.5 Å². The third kappa shape index (κ3) is 3.96. The Balaban J connectivity index is 2.24. The number of benzene rings is 2. The molecule has 4 heteroatoms. The van der Waals surface area contributed by atoms with Crippen LogP contribution in [0.15, 0.2) is 53.0 Å². The monoisotopic (exact) mass is 339 g/mol. The Morgan fingerprint density at radius 2 is 1.95 bits per heavy atom. The fourth-order valence-corrected chi connectivity index (χ4v) is 2.30. The molecule has 2 aromatic rings. The van der Waals surface area contributed by atoms with Gasteiger partial charge in [0.15, 0.2) is 0 Å². The molecule has 0 saturated carbocycles. The fraction of sp³-hybridized carbons (Fsp3) is 0.200. The maximum atomic E-state index is 6.16. The van der Waals surface area contributed by atoms with E-state index < -0.39 is 0 Å². The Hall–Kier alpha value is -1.03. The van der Waals surface area contributed by atoms with Crippen LogP contribution in [0.2, 0.25) is 5.02 Å². The highest BCUT2D eigenvalue weighted by atomic mass is 79.9. The van der Waals surface area contributed by atoms with Crippen molar-refractivity contribution < 1.29 is 4.74 Å². The Kier molecular flexibility index (Phi) is 5.25. The molecule has 19 heavy (non-hydrogen) atoms. The second kappa shape index (κ2) is 6.94. The lowest BCUT2D eigenvalue weighted by Gasteiger charge is -2.20. The summed E-state index contributed by atoms with van der Waals surface area (Å²) in [5, 5.41) is 3.75. The van der Waals surface area contributed by atoms with Crippen molar-refractivity contribution >= 4 is 27.5 Å². The van der Waals surface area contributed by atoms with Gasteiger partial charge in [-0.05, 0) is 30.8 Å². The largest absolute Gasteiger partial charge is 0.483 e. The van der Waals surface area contributed by atoms with Gasteiger partial charge in [-0.15, -0.1) is 0 Å². The summed E-state index contributed by atoms with van der Waals surface area (Å²) in [6.45, 7) is 0.715. The summed E-state index contributed by atoms with van der Waals surface area (Å²) in [7, 11) is 1.90. The Morgan fingerprint density at radius 1 is 1.21 bits per heavy atom. The normalized spacial score (nSPS) is 12.2. The topological polar surface area (TPSA) is 21.3 Å². The van der Waals surface area contributed by atoms with E-state index in [2.05, 4.69) is 21.2 Å². The van der Waals surface area contributed by atoms with Crippen LogP contribution in [-0.4, -0.2) is 13.6 Å². The van der Waals surface area contributed by atoms with E-state index in [9.17, 15) is 0 Å². The van der Waals surface area contributed by atoms with Crippen LogP contribution in [0.5, 0.6) is 5.75 Å². The molecule has 0 spiro atoms. The van der Waals surface area contributed by atoms with Crippen LogP contribution in [0.1, 0.15) is 11.7 Å². The summed E-state index contributed by atoms with van der Waals surface area (Å²) >= 11 is 9.59. The number of ether oxygens (including phenoxy) is 1. The lowest BCUT2D eigenvalue weighted by atomic mass is 10.1. The zero-order valence-electron chi connectivity index (χ0n) is 10.6. The van der Waals surface area contributed by atoms with Gasteiger partial charge in [-0.2, -0.15) is 0 Å². The van der Waals surface area contributed by atoms with E-state index >= 15 is 0 Å². The predicted molar refractivity (Wildman–Crippen MR) is 82.9 cm³/mol. The van der Waals surface area contributed by atoms with Crippen molar-refractivity contribution in [2.45, 2.75) is 6.10 Å². The maximum Gasteiger partial charge on any atom is 0.140 e. The minimum Gasteiger partial charge on any atom is -0.483 e. The molecule has 2 nitrogen and oxygen atoms in total. The van der Waals surface area contributed by atoms with Gasteiger partial charge in [0.2, 0.25) is 0 Å². The zero-order chi connectivity index (χ0) is 13.7. The highest BCUT2D eigenvalue weighted by molar-refractivity contribution is 9.10. The quantitative estimate of drug-likeness (QED) is 0.868. The van der Waals surface area contributed by atoms with Crippen LogP contribution < -0.4 is 10.1 Å². The van der Waals surface area contributed by atoms with Gasteiger partial charge in [-0.3, -0.25) is 0 Å². The molecule has 2 aromatic carbocycles. The molecule has 0 amide bonds. The number of rotatable bonds is 5. The van der Waals surface area contributed by atoms with Crippen molar-refractivity contribution in [1.82, 2.24) is 5.32 Å². The molecule has 0 heterocycles. The minimum atomic E-state index is -0.0713. The molecule has 0 aliphatic carbocycles. The highest BCUT2D eigenvalue weighted by Crippen LogP contribution is 2.31. The first-order valence-electron chi connectivity index (χ1n) is 6.02. The van der Waals surface area contributed by atoms with E-state index in [1.807, 2.05) is 55.6 Å². The van der Waals surface area contributed by atoms with Crippen molar-refractivity contribution in [3.8, 4) is 5.75 Å². The first-order valence-corrected chi connectivity index (χ1v) is 7.19. The molecule has 1 unspecified atom stereocenters. The molecule has 0 aliphatic rings. The molecule has 0 aliphatic heterocycles. The molecular weight excluding hydrogens is 326 g/mol. The Labute approximate surface area is 126 Å². The minimum absolute atomic E-state index is 0.0713. The van der Waals surface area contributed by atoms with E-state index in [4.69, 9.17) is 16.3 Å². The molecule has 1 atom stereocenters. The summed E-state index contributed by atoms with van der Waals surface area (Å²) in [6, 6.07) is 15.7. The highest BCUT2D eigenvalue weighted by Gasteiger charge is 2.14. The SMILES string of the molecule is CNCC(Oc1cc(Br)ccc1Cl)c1ccccc1. The lowest BCUT2D eigenvalue weighted by molar-refractivity contribution is 0.205. The molecular formula is C15H15BrClNO. The van der Waals surface area contributed by atoms with E-state index in [0.717, 1.165) is 10.0 Å². The third-order valence-corrected chi connectivity index (χ3v) is 3.53. The molecule has 100 valence electrons. The van der Waals surface area contributed by atoms with E-state index in [0.29, 0.717) is 17.3 Å². The first-order chi connectivity index (χ1) is 9.20. The standard InChI is InChI=1S/C15H15BrClNO/c1-18-10-15(11-5-3-2-4-6-11)19-14-9-12(16)7-8-13(14)17/h2-9,15,18H,10H2,1H3. The van der Waals surface area contributed by atoms with Gasteiger partial charge in [-0.1, -0.05) is 57.9 Å². The number of halogens is 2. The predicted octanol–water partition coefficient (Wildman–Crippen LogP) is 4.44. The van der Waals surface area contributed by atoms with Gasteiger partial charge >= 0.3 is 0 Å². The summed E-state index contributed by atoms with van der Waals surface area (Å²) in [6.07, 6.45) is -0.0713. The molecule has 0 fully saturated rings. The average Bonchev–Trinajstić information content (AvgIpc) is 2.43. The summed E-state index contributed by atoms with van der Waals surface area (Å²) < 4.78 is 6.98. The Bertz CT molecular complexity index is 533. The number of hydrogen-bond donors (Lipinski definition) is 1. The summed E-state index contributed by atoms with van der Waals surface area (Å²) in [5.41, 5.74) is 1.12. The van der Waals surface area contributed by atoms with Crippen LogP contribution in [0.4, 0.5) is 0 Å². The van der Waals surface area contributed by atoms with E-state index in [-0.39, 0.29) is 6.10 Å². The van der Waals surface area contributed by atoms with Gasteiger partial charge < -0.3 is 10.1 Å². The van der Waals surface area contributed by atoms with Crippen molar-refractivity contribution in [1.29, 1.82) is 0 Å². The molecule has 0 radical (unpaired) electrons. The molecule has 0 bridgehead atoms. The fourth-order valence-electron chi connectivity index (χ4n) is 1.80. The van der Waals surface area contributed by atoms with Gasteiger partial charge in [0.1, 0.15) is 11.9 Å². The second-order valence-corrected chi connectivity index (χ2v) is 5.47. The van der Waals surface area contributed by atoms with Gasteiger partial charge in [-0.25, -0.2) is 0 Å². The summed E-state index contributed by atoms with van der Waals surface area (Å²) in [5.74, 6) is 0.681. The van der Waals surface area contributed by atoms with Gasteiger partial charge in [0.05, 0.1) is 5.02 Å². The first kappa shape index (κ1) is 14.4. The lowest BCUT2D eigenvalue weighted by Crippen LogP contribution is -2.22. The van der Waals surface area contributed by atoms with Gasteiger partial charge in [0.25, 0.3) is 0 Å². The van der Waals surface area contributed by atoms with Crippen LogP contribution in [0, 0.1) is 0 Å². The molecule has 0 saturated heterocycles. The second-order valence-electron chi connectivity index (χ2n) is 4.15. The zero-order valence-corrected chi connectivity index (χ0v) is 12.9. The van der Waals surface area contributed by atoms with Crippen molar-refractivity contribution in [2.24, 2.45) is 0 Å². The van der Waals surface area contributed by atoms with Crippen LogP contribution in [0.25, 0.3) is 0 Å². The Morgan fingerprint density at radius 3 is 2.63 bits per heavy atom. The van der Waals surface area contributed by atoms with Crippen molar-refractivity contribution in [3.05, 3.63) is 63.6 Å².